The van der Waals surface area contributed by atoms with Gasteiger partial charge in [0, 0.05) is 17.4 Å². The van der Waals surface area contributed by atoms with Gasteiger partial charge < -0.3 is 5.32 Å². The third-order valence-electron chi connectivity index (χ3n) is 4.50. The number of nitrogens with zero attached hydrogens (tertiary/aromatic N) is 3. The Morgan fingerprint density at radius 1 is 0.963 bits per heavy atom. The van der Waals surface area contributed by atoms with Crippen LogP contribution < -0.4 is 16.2 Å². The van der Waals surface area contributed by atoms with Gasteiger partial charge in [-0.2, -0.15) is 0 Å². The highest BCUT2D eigenvalue weighted by atomic mass is 16.1. The summed E-state index contributed by atoms with van der Waals surface area (Å²) < 4.78 is 1.58. The molecule has 0 unspecified atom stereocenters. The smallest absolute Gasteiger partial charge is 0.257 e. The lowest BCUT2D eigenvalue weighted by molar-refractivity contribution is 0.577. The Bertz CT molecular complexity index is 1070. The van der Waals surface area contributed by atoms with Crippen LogP contribution in [0.25, 0.3) is 0 Å². The standard InChI is InChI=1S/C21H21N5O/c1-13-4-8-16(9-5-13)19-24-20(23-17-10-6-14(2)7-11-17)25-21-22-15(3)12-18(27)26(19)21/h4-12,19H,1-3H3,(H2,22,23,24,25)/t19-/m0/s1. The number of aryl methyl sites for hydroxylation is 3. The highest BCUT2D eigenvalue weighted by Crippen LogP contribution is 2.26. The van der Waals surface area contributed by atoms with E-state index < -0.39 is 6.17 Å². The van der Waals surface area contributed by atoms with E-state index in [-0.39, 0.29) is 5.56 Å². The number of benzene rings is 2. The van der Waals surface area contributed by atoms with Crippen molar-refractivity contribution in [1.82, 2.24) is 9.55 Å². The van der Waals surface area contributed by atoms with E-state index in [0.717, 1.165) is 16.8 Å². The summed E-state index contributed by atoms with van der Waals surface area (Å²) in [6.45, 7) is 5.89. The number of nitrogens with one attached hydrogen (secondary N) is 2. The fourth-order valence-electron chi connectivity index (χ4n) is 3.05. The van der Waals surface area contributed by atoms with Crippen LogP contribution in [0, 0.1) is 20.8 Å². The Morgan fingerprint density at radius 3 is 2.26 bits per heavy atom. The van der Waals surface area contributed by atoms with E-state index in [1.54, 1.807) is 4.57 Å². The molecule has 4 rings (SSSR count). The second kappa shape index (κ2) is 6.72. The molecule has 6 heteroatoms. The molecule has 0 aliphatic carbocycles. The molecule has 0 spiro atoms. The number of guanidine groups is 1. The van der Waals surface area contributed by atoms with Gasteiger partial charge in [-0.05, 0) is 38.5 Å². The summed E-state index contributed by atoms with van der Waals surface area (Å²) in [5.74, 6) is 1.04. The summed E-state index contributed by atoms with van der Waals surface area (Å²) in [5, 5.41) is 6.43. The minimum absolute atomic E-state index is 0.131. The molecule has 1 aromatic heterocycles. The lowest BCUT2D eigenvalue weighted by atomic mass is 10.1. The van der Waals surface area contributed by atoms with E-state index in [9.17, 15) is 4.79 Å². The minimum Gasteiger partial charge on any atom is -0.326 e. The number of fused-ring (bicyclic) bond motifs is 1. The summed E-state index contributed by atoms with van der Waals surface area (Å²) >= 11 is 0. The number of aliphatic imine (C=N–C) groups is 1. The van der Waals surface area contributed by atoms with Crippen LogP contribution in [0.5, 0.6) is 0 Å². The first kappa shape index (κ1) is 17.0. The van der Waals surface area contributed by atoms with E-state index >= 15 is 0 Å². The molecule has 0 amide bonds. The van der Waals surface area contributed by atoms with Gasteiger partial charge in [0.25, 0.3) is 5.56 Å². The maximum absolute atomic E-state index is 12.6. The van der Waals surface area contributed by atoms with Crippen LogP contribution in [0.3, 0.4) is 0 Å². The molecular formula is C21H21N5O. The zero-order valence-electron chi connectivity index (χ0n) is 15.5. The van der Waals surface area contributed by atoms with Crippen molar-refractivity contribution < 1.29 is 0 Å². The second-order valence-corrected chi connectivity index (χ2v) is 6.81. The van der Waals surface area contributed by atoms with Gasteiger partial charge >= 0.3 is 0 Å². The van der Waals surface area contributed by atoms with Crippen molar-refractivity contribution in [3.8, 4) is 0 Å². The molecule has 1 atom stereocenters. The van der Waals surface area contributed by atoms with Crippen molar-refractivity contribution in [2.45, 2.75) is 26.9 Å². The van der Waals surface area contributed by atoms with E-state index in [1.165, 1.54) is 11.6 Å². The zero-order chi connectivity index (χ0) is 19.0. The molecule has 0 saturated carbocycles. The van der Waals surface area contributed by atoms with Gasteiger partial charge in [-0.25, -0.2) is 9.98 Å². The third kappa shape index (κ3) is 3.46. The fourth-order valence-corrected chi connectivity index (χ4v) is 3.05. The van der Waals surface area contributed by atoms with Crippen LogP contribution in [0.2, 0.25) is 0 Å². The van der Waals surface area contributed by atoms with Crippen LogP contribution in [-0.4, -0.2) is 15.5 Å². The first-order chi connectivity index (χ1) is 13.0. The predicted molar refractivity (Wildman–Crippen MR) is 108 cm³/mol. The van der Waals surface area contributed by atoms with Gasteiger partial charge in [-0.1, -0.05) is 47.5 Å². The number of hydrogen-bond donors (Lipinski definition) is 2. The molecule has 3 aromatic rings. The Hall–Kier alpha value is -3.41. The van der Waals surface area contributed by atoms with Gasteiger partial charge in [0.2, 0.25) is 11.9 Å². The monoisotopic (exact) mass is 359 g/mol. The summed E-state index contributed by atoms with van der Waals surface area (Å²) in [7, 11) is 0. The van der Waals surface area contributed by atoms with Gasteiger partial charge in [-0.3, -0.25) is 14.7 Å². The lowest BCUT2D eigenvalue weighted by Gasteiger charge is -2.27. The van der Waals surface area contributed by atoms with Crippen LogP contribution >= 0.6 is 0 Å². The van der Waals surface area contributed by atoms with Crippen LogP contribution in [0.4, 0.5) is 11.6 Å². The summed E-state index contributed by atoms with van der Waals surface area (Å²) in [6, 6.07) is 17.6. The molecule has 0 fully saturated rings. The SMILES string of the molecule is Cc1ccc(NC2=N[C@H](c3ccc(C)cc3)n3c(nc(C)cc3=O)N2)cc1. The number of hydrogen-bond acceptors (Lipinski definition) is 5. The third-order valence-corrected chi connectivity index (χ3v) is 4.50. The van der Waals surface area contributed by atoms with Crippen LogP contribution in [0.1, 0.15) is 28.6 Å². The molecule has 1 aliphatic heterocycles. The average Bonchev–Trinajstić information content (AvgIpc) is 2.63. The molecular weight excluding hydrogens is 338 g/mol. The summed E-state index contributed by atoms with van der Waals surface area (Å²) in [4.78, 5) is 21.9. The Labute approximate surface area is 157 Å². The first-order valence-electron chi connectivity index (χ1n) is 8.85. The number of rotatable bonds is 2. The van der Waals surface area contributed by atoms with Crippen molar-refractivity contribution in [2.24, 2.45) is 4.99 Å². The summed E-state index contributed by atoms with van der Waals surface area (Å²) in [5.41, 5.74) is 4.72. The summed E-state index contributed by atoms with van der Waals surface area (Å²) in [6.07, 6.45) is -0.476. The quantitative estimate of drug-likeness (QED) is 0.733. The van der Waals surface area contributed by atoms with Crippen molar-refractivity contribution >= 4 is 17.6 Å². The molecule has 6 nitrogen and oxygen atoms in total. The van der Waals surface area contributed by atoms with Crippen LogP contribution in [0.15, 0.2) is 64.4 Å². The van der Waals surface area contributed by atoms with E-state index in [1.807, 2.05) is 69.3 Å². The Balaban J connectivity index is 1.78. The molecule has 1 aliphatic rings. The van der Waals surface area contributed by atoms with E-state index in [4.69, 9.17) is 4.99 Å². The average molecular weight is 359 g/mol. The number of anilines is 2. The number of aromatic nitrogens is 2. The van der Waals surface area contributed by atoms with Crippen molar-refractivity contribution in [2.75, 3.05) is 10.6 Å². The Kier molecular flexibility index (Phi) is 4.24. The molecule has 2 heterocycles. The van der Waals surface area contributed by atoms with Crippen LogP contribution in [-0.2, 0) is 0 Å². The Morgan fingerprint density at radius 2 is 1.59 bits per heavy atom. The lowest BCUT2D eigenvalue weighted by Crippen LogP contribution is -2.37. The largest absolute Gasteiger partial charge is 0.326 e. The predicted octanol–water partition coefficient (Wildman–Crippen LogP) is 3.61. The molecule has 2 aromatic carbocycles. The maximum Gasteiger partial charge on any atom is 0.257 e. The normalized spacial score (nSPS) is 15.5. The highest BCUT2D eigenvalue weighted by Gasteiger charge is 2.25. The molecule has 0 bridgehead atoms. The fraction of sp³-hybridized carbons (Fsp3) is 0.190. The zero-order valence-corrected chi connectivity index (χ0v) is 15.5. The highest BCUT2D eigenvalue weighted by molar-refractivity contribution is 6.03. The minimum atomic E-state index is -0.476. The van der Waals surface area contributed by atoms with Gasteiger partial charge in [-0.15, -0.1) is 0 Å². The molecule has 0 saturated heterocycles. The topological polar surface area (TPSA) is 71.3 Å². The molecule has 27 heavy (non-hydrogen) atoms. The molecule has 136 valence electrons. The molecule has 2 N–H and O–H groups in total. The van der Waals surface area contributed by atoms with Gasteiger partial charge in [0.1, 0.15) is 0 Å². The van der Waals surface area contributed by atoms with Crippen molar-refractivity contribution in [1.29, 1.82) is 0 Å². The first-order valence-corrected chi connectivity index (χ1v) is 8.85. The van der Waals surface area contributed by atoms with Gasteiger partial charge in [0.05, 0.1) is 0 Å². The van der Waals surface area contributed by atoms with E-state index in [0.29, 0.717) is 17.6 Å². The van der Waals surface area contributed by atoms with E-state index in [2.05, 4.69) is 15.6 Å². The van der Waals surface area contributed by atoms with Crippen molar-refractivity contribution in [3.63, 3.8) is 0 Å². The van der Waals surface area contributed by atoms with Crippen molar-refractivity contribution in [3.05, 3.63) is 87.3 Å². The maximum atomic E-state index is 12.6. The molecule has 0 radical (unpaired) electrons. The van der Waals surface area contributed by atoms with Gasteiger partial charge in [0.15, 0.2) is 6.17 Å². The second-order valence-electron chi connectivity index (χ2n) is 6.81.